The van der Waals surface area contributed by atoms with Crippen molar-refractivity contribution in [1.82, 2.24) is 4.90 Å². The van der Waals surface area contributed by atoms with E-state index in [0.29, 0.717) is 35.1 Å². The Hall–Kier alpha value is -2.35. The number of carboxylic acid groups (broad SMARTS) is 2. The smallest absolute Gasteiger partial charge is 0.334 e. The molecule has 0 spiro atoms. The number of likely N-dealkylation sites (N-methyl/N-ethyl adjacent to an activating group) is 1. The van der Waals surface area contributed by atoms with Crippen molar-refractivity contribution in [1.29, 1.82) is 0 Å². The Balaban J connectivity index is 2.88. The van der Waals surface area contributed by atoms with Crippen molar-refractivity contribution in [2.75, 3.05) is 26.3 Å². The maximum absolute atomic E-state index is 12.4. The van der Waals surface area contributed by atoms with Crippen molar-refractivity contribution in [2.24, 2.45) is 5.73 Å². The predicted octanol–water partition coefficient (Wildman–Crippen LogP) is 2.61. The van der Waals surface area contributed by atoms with Gasteiger partial charge in [0.25, 0.3) is 0 Å². The zero-order valence-corrected chi connectivity index (χ0v) is 16.9. The summed E-state index contributed by atoms with van der Waals surface area (Å²) >= 11 is 6.39. The summed E-state index contributed by atoms with van der Waals surface area (Å²) in [5, 5.41) is 20.4. The third kappa shape index (κ3) is 3.65. The standard InChI is InChI=1S/C20H25ClN2O5/c1-4-23-12(2)16(18(24)25)20(3,13-7-5-6-8-14(13)21)17(19(26)27)15(23)11-28-10-9-22/h5-8H,4,9-11,22H2,1-3H3,(H,24,25)(H,26,27). The number of allylic oxidation sites excluding steroid dienone is 1. The highest BCUT2D eigenvalue weighted by molar-refractivity contribution is 6.31. The Bertz CT molecular complexity index is 849. The molecule has 2 rings (SSSR count). The first-order chi connectivity index (χ1) is 13.2. The lowest BCUT2D eigenvalue weighted by Crippen LogP contribution is -2.45. The molecule has 1 aliphatic rings. The molecule has 1 heterocycles. The maximum atomic E-state index is 12.4. The van der Waals surface area contributed by atoms with E-state index in [1.165, 1.54) is 0 Å². The third-order valence-electron chi connectivity index (χ3n) is 5.04. The summed E-state index contributed by atoms with van der Waals surface area (Å²) in [6.45, 7) is 6.01. The van der Waals surface area contributed by atoms with Crippen LogP contribution < -0.4 is 5.73 Å². The van der Waals surface area contributed by atoms with E-state index in [9.17, 15) is 19.8 Å². The van der Waals surface area contributed by atoms with E-state index in [1.807, 2.05) is 6.92 Å². The molecular weight excluding hydrogens is 384 g/mol. The normalized spacial score (nSPS) is 20.0. The molecule has 0 saturated heterocycles. The molecule has 4 N–H and O–H groups in total. The van der Waals surface area contributed by atoms with Gasteiger partial charge in [-0.15, -0.1) is 0 Å². The van der Waals surface area contributed by atoms with Gasteiger partial charge in [0.15, 0.2) is 0 Å². The van der Waals surface area contributed by atoms with Crippen LogP contribution in [0.4, 0.5) is 0 Å². The predicted molar refractivity (Wildman–Crippen MR) is 106 cm³/mol. The van der Waals surface area contributed by atoms with E-state index < -0.39 is 17.4 Å². The topological polar surface area (TPSA) is 113 Å². The number of benzene rings is 1. The van der Waals surface area contributed by atoms with Crippen LogP contribution in [0, 0.1) is 0 Å². The lowest BCUT2D eigenvalue weighted by Gasteiger charge is -2.43. The fraction of sp³-hybridized carbons (Fsp3) is 0.400. The van der Waals surface area contributed by atoms with Gasteiger partial charge < -0.3 is 25.6 Å². The second-order valence-corrected chi connectivity index (χ2v) is 6.99. The van der Waals surface area contributed by atoms with Gasteiger partial charge in [0.05, 0.1) is 35.5 Å². The summed E-state index contributed by atoms with van der Waals surface area (Å²) < 4.78 is 5.55. The number of nitrogens with zero attached hydrogens (tertiary/aromatic N) is 1. The highest BCUT2D eigenvalue weighted by Crippen LogP contribution is 2.48. The molecule has 1 aliphatic heterocycles. The van der Waals surface area contributed by atoms with Crippen molar-refractivity contribution in [3.05, 3.63) is 57.4 Å². The van der Waals surface area contributed by atoms with Gasteiger partial charge in [-0.25, -0.2) is 9.59 Å². The number of nitrogens with two attached hydrogens (primary N) is 1. The average Bonchev–Trinajstić information content (AvgIpc) is 2.61. The molecule has 28 heavy (non-hydrogen) atoms. The Morgan fingerprint density at radius 3 is 2.32 bits per heavy atom. The number of hydrogen-bond acceptors (Lipinski definition) is 5. The summed E-state index contributed by atoms with van der Waals surface area (Å²) in [6.07, 6.45) is 0. The summed E-state index contributed by atoms with van der Waals surface area (Å²) in [4.78, 5) is 26.4. The Labute approximate surface area is 169 Å². The number of carboxylic acids is 2. The summed E-state index contributed by atoms with van der Waals surface area (Å²) in [7, 11) is 0. The quantitative estimate of drug-likeness (QED) is 0.566. The lowest BCUT2D eigenvalue weighted by atomic mass is 9.66. The van der Waals surface area contributed by atoms with Crippen LogP contribution in [0.2, 0.25) is 5.02 Å². The van der Waals surface area contributed by atoms with Crippen LogP contribution in [-0.2, 0) is 19.7 Å². The highest BCUT2D eigenvalue weighted by atomic mass is 35.5. The summed E-state index contributed by atoms with van der Waals surface area (Å²) in [5.74, 6) is -2.42. The third-order valence-corrected chi connectivity index (χ3v) is 5.37. The molecule has 1 aromatic carbocycles. The molecule has 7 nitrogen and oxygen atoms in total. The Morgan fingerprint density at radius 1 is 1.21 bits per heavy atom. The number of rotatable bonds is 8. The fourth-order valence-electron chi connectivity index (χ4n) is 3.92. The van der Waals surface area contributed by atoms with Crippen LogP contribution in [0.15, 0.2) is 46.8 Å². The molecule has 1 atom stereocenters. The van der Waals surface area contributed by atoms with E-state index in [-0.39, 0.29) is 24.4 Å². The van der Waals surface area contributed by atoms with Crippen molar-refractivity contribution < 1.29 is 24.5 Å². The van der Waals surface area contributed by atoms with Crippen LogP contribution >= 0.6 is 11.6 Å². The summed E-state index contributed by atoms with van der Waals surface area (Å²) in [5.41, 5.74) is 5.19. The minimum Gasteiger partial charge on any atom is -0.478 e. The zero-order valence-electron chi connectivity index (χ0n) is 16.2. The highest BCUT2D eigenvalue weighted by Gasteiger charge is 2.50. The molecule has 0 aliphatic carbocycles. The van der Waals surface area contributed by atoms with Crippen LogP contribution in [-0.4, -0.2) is 53.4 Å². The first kappa shape index (κ1) is 21.9. The minimum atomic E-state index is -1.47. The van der Waals surface area contributed by atoms with Crippen LogP contribution in [0.5, 0.6) is 0 Å². The number of halogens is 1. The molecular formula is C20H25ClN2O5. The summed E-state index contributed by atoms with van der Waals surface area (Å²) in [6, 6.07) is 6.69. The lowest BCUT2D eigenvalue weighted by molar-refractivity contribution is -0.134. The molecule has 152 valence electrons. The van der Waals surface area contributed by atoms with Crippen molar-refractivity contribution in [2.45, 2.75) is 26.2 Å². The molecule has 0 saturated carbocycles. The van der Waals surface area contributed by atoms with E-state index in [1.54, 1.807) is 43.0 Å². The van der Waals surface area contributed by atoms with Crippen LogP contribution in [0.1, 0.15) is 26.3 Å². The molecule has 1 unspecified atom stereocenters. The second kappa shape index (κ2) is 8.77. The number of carbonyl (C=O) groups is 2. The van der Waals surface area contributed by atoms with Gasteiger partial charge in [0.2, 0.25) is 0 Å². The van der Waals surface area contributed by atoms with Gasteiger partial charge in [-0.3, -0.25) is 0 Å². The molecule has 0 bridgehead atoms. The van der Waals surface area contributed by atoms with Gasteiger partial charge in [-0.05, 0) is 32.4 Å². The van der Waals surface area contributed by atoms with Gasteiger partial charge in [-0.2, -0.15) is 0 Å². The molecule has 0 fully saturated rings. The van der Waals surface area contributed by atoms with Gasteiger partial charge >= 0.3 is 11.9 Å². The Morgan fingerprint density at radius 2 is 1.82 bits per heavy atom. The van der Waals surface area contributed by atoms with E-state index >= 15 is 0 Å². The van der Waals surface area contributed by atoms with Gasteiger partial charge in [0, 0.05) is 23.8 Å². The molecule has 8 heteroatoms. The molecule has 0 amide bonds. The van der Waals surface area contributed by atoms with E-state index in [4.69, 9.17) is 22.1 Å². The van der Waals surface area contributed by atoms with Gasteiger partial charge in [-0.1, -0.05) is 29.8 Å². The first-order valence-corrected chi connectivity index (χ1v) is 9.31. The van der Waals surface area contributed by atoms with Crippen molar-refractivity contribution >= 4 is 23.5 Å². The van der Waals surface area contributed by atoms with Gasteiger partial charge in [0.1, 0.15) is 0 Å². The van der Waals surface area contributed by atoms with E-state index in [0.717, 1.165) is 0 Å². The monoisotopic (exact) mass is 408 g/mol. The van der Waals surface area contributed by atoms with Crippen molar-refractivity contribution in [3.8, 4) is 0 Å². The SMILES string of the molecule is CCN1C(C)=C(C(=O)O)C(C)(c2ccccc2Cl)C(C(=O)O)=C1COCCN. The van der Waals surface area contributed by atoms with Crippen LogP contribution in [0.3, 0.4) is 0 Å². The Kier molecular flexibility index (Phi) is 6.87. The van der Waals surface area contributed by atoms with Crippen molar-refractivity contribution in [3.63, 3.8) is 0 Å². The fourth-order valence-corrected chi connectivity index (χ4v) is 4.24. The number of aliphatic carboxylic acids is 2. The maximum Gasteiger partial charge on any atom is 0.334 e. The minimum absolute atomic E-state index is 0.00302. The number of hydrogen-bond donors (Lipinski definition) is 3. The average molecular weight is 409 g/mol. The molecule has 1 aromatic rings. The molecule has 0 aromatic heterocycles. The second-order valence-electron chi connectivity index (χ2n) is 6.58. The van der Waals surface area contributed by atoms with Crippen LogP contribution in [0.25, 0.3) is 0 Å². The molecule has 0 radical (unpaired) electrons. The number of ether oxygens (including phenoxy) is 1. The largest absolute Gasteiger partial charge is 0.478 e. The van der Waals surface area contributed by atoms with E-state index in [2.05, 4.69) is 0 Å². The first-order valence-electron chi connectivity index (χ1n) is 8.93. The zero-order chi connectivity index (χ0) is 21.1.